The lowest BCUT2D eigenvalue weighted by Gasteiger charge is -2.42. The fourth-order valence-electron chi connectivity index (χ4n) is 6.47. The average molecular weight is 725 g/mol. The van der Waals surface area contributed by atoms with Gasteiger partial charge in [0.2, 0.25) is 11.8 Å². The number of fused-ring (bicyclic) bond motifs is 1. The molecule has 5 atom stereocenters. The summed E-state index contributed by atoms with van der Waals surface area (Å²) in [6, 6.07) is 24.5. The first kappa shape index (κ1) is 38.9. The molecule has 11 heteroatoms. The quantitative estimate of drug-likeness (QED) is 0.140. The smallest absolute Gasteiger partial charge is 0.270 e. The van der Waals surface area contributed by atoms with Crippen LogP contribution in [0.2, 0.25) is 0 Å². The Morgan fingerprint density at radius 1 is 0.962 bits per heavy atom. The molecule has 5 rings (SSSR count). The predicted octanol–water partition coefficient (Wildman–Crippen LogP) is 5.15. The van der Waals surface area contributed by atoms with Crippen molar-refractivity contribution >= 4 is 40.4 Å². The summed E-state index contributed by atoms with van der Waals surface area (Å²) in [6.45, 7) is 10.3. The number of aliphatic hydroxyl groups is 1. The van der Waals surface area contributed by atoms with Crippen LogP contribution in [0, 0.1) is 5.92 Å². The zero-order valence-electron chi connectivity index (χ0n) is 30.8. The molecule has 4 aromatic rings. The minimum Gasteiger partial charge on any atom is -0.389 e. The lowest BCUT2D eigenvalue weighted by molar-refractivity contribution is -0.141. The van der Waals surface area contributed by atoms with Crippen molar-refractivity contribution in [1.82, 2.24) is 30.8 Å². The maximum Gasteiger partial charge on any atom is 0.270 e. The van der Waals surface area contributed by atoms with E-state index >= 15 is 0 Å². The molecule has 1 saturated heterocycles. The van der Waals surface area contributed by atoms with Crippen LogP contribution in [-0.4, -0.2) is 85.8 Å². The van der Waals surface area contributed by atoms with Crippen LogP contribution < -0.4 is 16.0 Å². The molecular weight excluding hydrogens is 673 g/mol. The highest BCUT2D eigenvalue weighted by atomic mass is 32.2. The fourth-order valence-corrected chi connectivity index (χ4v) is 7.66. The minimum atomic E-state index is -1.10. The van der Waals surface area contributed by atoms with Gasteiger partial charge in [-0.05, 0) is 82.3 Å². The SMILES string of the molecule is CC(C)[C@H](NC(=O)c1ccc2ccccc2n1)C(=O)N[C@@H](Cc1ccccc1)[C@H](O)CN(C(=O)C1C[C@H](SCc2ccccn2)CCN1)C(C)(C)C. The van der Waals surface area contributed by atoms with Crippen LogP contribution in [0.25, 0.3) is 10.9 Å². The number of rotatable bonds is 14. The van der Waals surface area contributed by atoms with Gasteiger partial charge in [-0.2, -0.15) is 11.8 Å². The van der Waals surface area contributed by atoms with E-state index in [9.17, 15) is 19.5 Å². The molecule has 0 aliphatic carbocycles. The molecule has 1 unspecified atom stereocenters. The van der Waals surface area contributed by atoms with E-state index in [0.717, 1.165) is 35.4 Å². The topological polar surface area (TPSA) is 137 Å². The number of carbonyl (C=O) groups is 3. The summed E-state index contributed by atoms with van der Waals surface area (Å²) in [5.74, 6) is -0.423. The first-order chi connectivity index (χ1) is 24.9. The number of thioether (sulfide) groups is 1. The zero-order chi connectivity index (χ0) is 37.3. The number of nitrogens with one attached hydrogen (secondary N) is 3. The van der Waals surface area contributed by atoms with Crippen LogP contribution in [0.15, 0.2) is 91.1 Å². The molecule has 1 aliphatic rings. The Morgan fingerprint density at radius 3 is 2.40 bits per heavy atom. The standard InChI is InChI=1S/C41H52N6O4S/c1-27(2)37(46-38(49)33-19-18-29-15-9-10-17-32(29)44-33)39(50)45-34(23-28-13-7-6-8-14-28)36(48)25-47(41(3,4)5)40(51)35-24-31(20-22-43-35)52-26-30-16-11-12-21-42-30/h6-19,21,27,31,34-37,43,48H,20,22-26H2,1-5H3,(H,45,50)(H,46,49)/t31-,34+,35?,36-,37+/m1/s1. The van der Waals surface area contributed by atoms with E-state index in [-0.39, 0.29) is 24.1 Å². The van der Waals surface area contributed by atoms with Crippen molar-refractivity contribution in [3.8, 4) is 0 Å². The molecule has 276 valence electrons. The number of para-hydroxylation sites is 1. The summed E-state index contributed by atoms with van der Waals surface area (Å²) >= 11 is 1.82. The monoisotopic (exact) mass is 724 g/mol. The van der Waals surface area contributed by atoms with E-state index in [1.165, 1.54) is 0 Å². The molecule has 10 nitrogen and oxygen atoms in total. The largest absolute Gasteiger partial charge is 0.389 e. The molecule has 3 amide bonds. The highest BCUT2D eigenvalue weighted by Gasteiger charge is 2.38. The Balaban J connectivity index is 1.30. The van der Waals surface area contributed by atoms with Crippen molar-refractivity contribution in [3.05, 3.63) is 108 Å². The molecule has 1 aliphatic heterocycles. The summed E-state index contributed by atoms with van der Waals surface area (Å²) in [6.07, 6.45) is 2.66. The highest BCUT2D eigenvalue weighted by Crippen LogP contribution is 2.28. The van der Waals surface area contributed by atoms with Crippen LogP contribution in [-0.2, 0) is 21.8 Å². The summed E-state index contributed by atoms with van der Waals surface area (Å²) < 4.78 is 0. The van der Waals surface area contributed by atoms with Crippen molar-refractivity contribution in [2.75, 3.05) is 13.1 Å². The molecular formula is C41H52N6O4S. The third kappa shape index (κ3) is 10.6. The summed E-state index contributed by atoms with van der Waals surface area (Å²) in [5, 5.41) is 22.5. The lowest BCUT2D eigenvalue weighted by Crippen LogP contribution is -2.61. The number of amides is 3. The highest BCUT2D eigenvalue weighted by molar-refractivity contribution is 7.99. The van der Waals surface area contributed by atoms with Gasteiger partial charge in [0.15, 0.2) is 0 Å². The van der Waals surface area contributed by atoms with Crippen LogP contribution in [0.3, 0.4) is 0 Å². The van der Waals surface area contributed by atoms with Crippen molar-refractivity contribution in [1.29, 1.82) is 0 Å². The number of β-amino-alcohol motifs (C(OH)–C–C–N with tert-alkyl or cyclic N) is 1. The molecule has 1 fully saturated rings. The number of piperidine rings is 1. The number of benzene rings is 2. The van der Waals surface area contributed by atoms with Gasteiger partial charge < -0.3 is 26.0 Å². The van der Waals surface area contributed by atoms with E-state index in [2.05, 4.69) is 25.9 Å². The molecule has 2 aromatic carbocycles. The Kier molecular flexibility index (Phi) is 13.4. The maximum atomic E-state index is 14.2. The maximum absolute atomic E-state index is 14.2. The van der Waals surface area contributed by atoms with Crippen LogP contribution >= 0.6 is 11.8 Å². The fraction of sp³-hybridized carbons (Fsp3) is 0.439. The second-order valence-electron chi connectivity index (χ2n) is 14.9. The Morgan fingerprint density at radius 2 is 1.69 bits per heavy atom. The average Bonchev–Trinajstić information content (AvgIpc) is 3.14. The second kappa shape index (κ2) is 17.9. The van der Waals surface area contributed by atoms with Gasteiger partial charge in [0.05, 0.1) is 29.4 Å². The van der Waals surface area contributed by atoms with E-state index in [0.29, 0.717) is 23.6 Å². The number of pyridine rings is 2. The van der Waals surface area contributed by atoms with Gasteiger partial charge in [0, 0.05) is 34.7 Å². The van der Waals surface area contributed by atoms with Crippen molar-refractivity contribution < 1.29 is 19.5 Å². The number of aliphatic hydroxyl groups excluding tert-OH is 1. The Hall–Kier alpha value is -4.32. The predicted molar refractivity (Wildman–Crippen MR) is 208 cm³/mol. The zero-order valence-corrected chi connectivity index (χ0v) is 31.6. The number of aromatic nitrogens is 2. The van der Waals surface area contributed by atoms with Gasteiger partial charge in [0.1, 0.15) is 11.7 Å². The first-order valence-corrected chi connectivity index (χ1v) is 19.2. The van der Waals surface area contributed by atoms with Gasteiger partial charge in [-0.25, -0.2) is 4.98 Å². The molecule has 2 aromatic heterocycles. The molecule has 3 heterocycles. The van der Waals surface area contributed by atoms with Crippen LogP contribution in [0.1, 0.15) is 69.2 Å². The second-order valence-corrected chi connectivity index (χ2v) is 16.2. The first-order valence-electron chi connectivity index (χ1n) is 18.1. The van der Waals surface area contributed by atoms with E-state index < -0.39 is 41.6 Å². The van der Waals surface area contributed by atoms with E-state index in [4.69, 9.17) is 0 Å². The summed E-state index contributed by atoms with van der Waals surface area (Å²) in [7, 11) is 0. The van der Waals surface area contributed by atoms with E-state index in [1.807, 2.05) is 125 Å². The lowest BCUT2D eigenvalue weighted by atomic mass is 9.95. The van der Waals surface area contributed by atoms with Gasteiger partial charge in [-0.3, -0.25) is 19.4 Å². The minimum absolute atomic E-state index is 0.0176. The molecule has 0 spiro atoms. The number of carbonyl (C=O) groups excluding carboxylic acids is 3. The van der Waals surface area contributed by atoms with Crippen molar-refractivity contribution in [2.24, 2.45) is 5.92 Å². The molecule has 52 heavy (non-hydrogen) atoms. The summed E-state index contributed by atoms with van der Waals surface area (Å²) in [5.41, 5.74) is 2.24. The van der Waals surface area contributed by atoms with E-state index in [1.54, 1.807) is 17.2 Å². The molecule has 0 radical (unpaired) electrons. The normalized spacial score (nSPS) is 18.0. The number of hydrogen-bond donors (Lipinski definition) is 4. The van der Waals surface area contributed by atoms with Crippen molar-refractivity contribution in [2.45, 2.75) is 94.7 Å². The van der Waals surface area contributed by atoms with Gasteiger partial charge >= 0.3 is 0 Å². The molecule has 0 saturated carbocycles. The molecule has 0 bridgehead atoms. The Bertz CT molecular complexity index is 1780. The van der Waals surface area contributed by atoms with Crippen LogP contribution in [0.4, 0.5) is 0 Å². The third-order valence-corrected chi connectivity index (χ3v) is 10.8. The number of hydrogen-bond acceptors (Lipinski definition) is 8. The van der Waals surface area contributed by atoms with Crippen LogP contribution in [0.5, 0.6) is 0 Å². The van der Waals surface area contributed by atoms with Gasteiger partial charge in [-0.15, -0.1) is 0 Å². The Labute approximate surface area is 311 Å². The number of nitrogens with zero attached hydrogens (tertiary/aromatic N) is 3. The third-order valence-electron chi connectivity index (χ3n) is 9.45. The summed E-state index contributed by atoms with van der Waals surface area (Å²) in [4.78, 5) is 52.3. The molecule has 4 N–H and O–H groups in total. The van der Waals surface area contributed by atoms with Crippen molar-refractivity contribution in [3.63, 3.8) is 0 Å². The van der Waals surface area contributed by atoms with Gasteiger partial charge in [-0.1, -0.05) is 74.5 Å². The van der Waals surface area contributed by atoms with Gasteiger partial charge in [0.25, 0.3) is 5.91 Å².